The maximum absolute atomic E-state index is 7.00. The van der Waals surface area contributed by atoms with E-state index in [9.17, 15) is 0 Å². The predicted octanol–water partition coefficient (Wildman–Crippen LogP) is 19.0. The molecule has 0 unspecified atom stereocenters. The summed E-state index contributed by atoms with van der Waals surface area (Å²) in [6.45, 7) is 38.3. The van der Waals surface area contributed by atoms with Crippen LogP contribution in [-0.4, -0.2) is 6.71 Å². The smallest absolute Gasteiger partial charge is 0.252 e. The Kier molecular flexibility index (Phi) is 11.2. The van der Waals surface area contributed by atoms with Gasteiger partial charge in [0.2, 0.25) is 0 Å². The Morgan fingerprint density at radius 1 is 0.443 bits per heavy atom. The van der Waals surface area contributed by atoms with Gasteiger partial charge < -0.3 is 19.1 Å². The topological polar surface area (TPSA) is 22.9 Å². The standard InChI is InChI=1S/C74H80BN3O/c1-45-22-17-19-24-58(45)76(59-25-20-18-23-46(59)2)50-30-33-56-61(42-50)78(60-26-21-27-65-67(60)51-31-28-47(69(3,4)5)40-66(51)79-65)64-39-48(70(6,7)8)38-63-68(64)75(56)57-43-54-55(74(15,16)37-36-73(54,13)14)44-62(57)77(63)49-29-32-52-53(41-49)72(11,12)35-34-71(52,9)10/h17-33,38-44H,34-37H2,1-16H3. The molecule has 2 aliphatic heterocycles. The Labute approximate surface area is 471 Å². The molecule has 0 saturated heterocycles. The number of para-hydroxylation sites is 2. The number of hydrogen-bond acceptors (Lipinski definition) is 4. The van der Waals surface area contributed by atoms with E-state index in [2.05, 4.69) is 271 Å². The first-order chi connectivity index (χ1) is 37.2. The third-order valence-corrected chi connectivity index (χ3v) is 19.5. The Hall–Kier alpha value is -6.98. The van der Waals surface area contributed by atoms with Crippen LogP contribution in [0.2, 0.25) is 0 Å². The van der Waals surface area contributed by atoms with E-state index < -0.39 is 0 Å². The first kappa shape index (κ1) is 51.5. The quantitative estimate of drug-likeness (QED) is 0.160. The highest BCUT2D eigenvalue weighted by Crippen LogP contribution is 2.55. The normalized spacial score (nSPS) is 17.5. The number of aryl methyl sites for hydroxylation is 2. The highest BCUT2D eigenvalue weighted by atomic mass is 16.3. The summed E-state index contributed by atoms with van der Waals surface area (Å²) in [5, 5.41) is 2.26. The fraction of sp³-hybridized carbons (Fsp3) is 0.351. The van der Waals surface area contributed by atoms with Gasteiger partial charge in [-0.15, -0.1) is 0 Å². The highest BCUT2D eigenvalue weighted by Gasteiger charge is 2.48. The maximum atomic E-state index is 7.00. The molecule has 4 aliphatic rings. The van der Waals surface area contributed by atoms with E-state index in [-0.39, 0.29) is 39.2 Å². The van der Waals surface area contributed by atoms with Crippen LogP contribution in [0.5, 0.6) is 0 Å². The first-order valence-electron chi connectivity index (χ1n) is 29.4. The number of anilines is 9. The summed E-state index contributed by atoms with van der Waals surface area (Å²) in [6, 6.07) is 56.8. The van der Waals surface area contributed by atoms with E-state index in [1.165, 1.54) is 107 Å². The van der Waals surface area contributed by atoms with Gasteiger partial charge in [0.25, 0.3) is 6.71 Å². The summed E-state index contributed by atoms with van der Waals surface area (Å²) in [5.74, 6) is 0. The largest absolute Gasteiger partial charge is 0.456 e. The van der Waals surface area contributed by atoms with Gasteiger partial charge in [-0.1, -0.05) is 170 Å². The van der Waals surface area contributed by atoms with Gasteiger partial charge in [0.05, 0.1) is 11.1 Å². The average Bonchev–Trinajstić information content (AvgIpc) is 2.69. The molecule has 0 atom stereocenters. The van der Waals surface area contributed by atoms with Crippen LogP contribution in [0.25, 0.3) is 21.9 Å². The number of furan rings is 1. The van der Waals surface area contributed by atoms with Gasteiger partial charge in [0, 0.05) is 50.9 Å². The third kappa shape index (κ3) is 7.97. The van der Waals surface area contributed by atoms with Crippen molar-refractivity contribution in [3.63, 3.8) is 0 Å². The minimum atomic E-state index is -0.186. The SMILES string of the molecule is Cc1ccccc1N(c1ccc2c(c1)N(c1cccc3oc4cc(C(C)(C)C)ccc4c13)c1cc(C(C)(C)C)cc3c1B2c1cc2c(cc1N3c1ccc3c(c1)C(C)(C)CCC3(C)C)C(C)(C)CCC2(C)C)c1ccccc1C. The summed E-state index contributed by atoms with van der Waals surface area (Å²) in [6.07, 6.45) is 4.63. The van der Waals surface area contributed by atoms with Crippen molar-refractivity contribution in [3.8, 4) is 0 Å². The Balaban J connectivity index is 1.18. The first-order valence-corrected chi connectivity index (χ1v) is 29.4. The Morgan fingerprint density at radius 2 is 1.00 bits per heavy atom. The number of nitrogens with zero attached hydrogens (tertiary/aromatic N) is 3. The zero-order valence-electron chi connectivity index (χ0n) is 50.0. The highest BCUT2D eigenvalue weighted by molar-refractivity contribution is 7.00. The van der Waals surface area contributed by atoms with Crippen LogP contribution in [0.4, 0.5) is 51.2 Å². The Morgan fingerprint density at radius 3 is 1.61 bits per heavy atom. The molecule has 4 nitrogen and oxygen atoms in total. The average molecular weight is 1040 g/mol. The lowest BCUT2D eigenvalue weighted by molar-refractivity contribution is 0.332. The third-order valence-electron chi connectivity index (χ3n) is 19.5. The van der Waals surface area contributed by atoms with Gasteiger partial charge in [0.1, 0.15) is 11.2 Å². The van der Waals surface area contributed by atoms with Gasteiger partial charge in [-0.2, -0.15) is 0 Å². The van der Waals surface area contributed by atoms with Crippen LogP contribution in [0.1, 0.15) is 167 Å². The lowest BCUT2D eigenvalue weighted by Gasteiger charge is -2.48. The molecule has 5 heteroatoms. The Bertz CT molecular complexity index is 3950. The van der Waals surface area contributed by atoms with Gasteiger partial charge in [-0.05, 0) is 206 Å². The van der Waals surface area contributed by atoms with E-state index in [0.717, 1.165) is 52.6 Å². The second-order valence-corrected chi connectivity index (χ2v) is 28.9. The fourth-order valence-electron chi connectivity index (χ4n) is 14.4. The summed E-state index contributed by atoms with van der Waals surface area (Å²) < 4.78 is 7.00. The van der Waals surface area contributed by atoms with Crippen LogP contribution in [-0.2, 0) is 32.5 Å². The molecule has 0 amide bonds. The minimum Gasteiger partial charge on any atom is -0.456 e. The van der Waals surface area contributed by atoms with E-state index >= 15 is 0 Å². The molecule has 400 valence electrons. The van der Waals surface area contributed by atoms with Crippen molar-refractivity contribution in [2.45, 2.75) is 169 Å². The molecule has 0 radical (unpaired) electrons. The van der Waals surface area contributed by atoms with Crippen molar-refractivity contribution >= 4 is 96.2 Å². The number of rotatable bonds is 5. The van der Waals surface area contributed by atoms with Crippen LogP contribution in [0.3, 0.4) is 0 Å². The molecule has 0 saturated carbocycles. The van der Waals surface area contributed by atoms with Gasteiger partial charge in [-0.3, -0.25) is 0 Å². The zero-order chi connectivity index (χ0) is 55.7. The van der Waals surface area contributed by atoms with Gasteiger partial charge >= 0.3 is 0 Å². The molecule has 8 aromatic carbocycles. The van der Waals surface area contributed by atoms with E-state index in [0.29, 0.717) is 0 Å². The number of hydrogen-bond donors (Lipinski definition) is 0. The molecule has 0 spiro atoms. The monoisotopic (exact) mass is 1040 g/mol. The molecule has 79 heavy (non-hydrogen) atoms. The molecule has 2 aliphatic carbocycles. The molecule has 0 bridgehead atoms. The number of benzene rings is 8. The van der Waals surface area contributed by atoms with Gasteiger partial charge in [-0.25, -0.2) is 0 Å². The summed E-state index contributed by atoms with van der Waals surface area (Å²) in [7, 11) is 0. The van der Waals surface area contributed by atoms with E-state index in [1.54, 1.807) is 0 Å². The predicted molar refractivity (Wildman–Crippen MR) is 340 cm³/mol. The van der Waals surface area contributed by atoms with E-state index in [4.69, 9.17) is 4.42 Å². The van der Waals surface area contributed by atoms with Crippen molar-refractivity contribution in [1.29, 1.82) is 0 Å². The van der Waals surface area contributed by atoms with Crippen LogP contribution in [0, 0.1) is 13.8 Å². The molecule has 13 rings (SSSR count). The van der Waals surface area contributed by atoms with Crippen molar-refractivity contribution in [2.75, 3.05) is 14.7 Å². The minimum absolute atomic E-state index is 0.00512. The molecular formula is C74H80BN3O. The van der Waals surface area contributed by atoms with Crippen LogP contribution < -0.4 is 31.1 Å². The molecular weight excluding hydrogens is 958 g/mol. The van der Waals surface area contributed by atoms with Crippen LogP contribution in [0.15, 0.2) is 150 Å². The summed E-state index contributed by atoms with van der Waals surface area (Å²) >= 11 is 0. The second-order valence-electron chi connectivity index (χ2n) is 28.9. The van der Waals surface area contributed by atoms with Crippen molar-refractivity contribution in [2.24, 2.45) is 0 Å². The maximum Gasteiger partial charge on any atom is 0.252 e. The summed E-state index contributed by atoms with van der Waals surface area (Å²) in [5.41, 5.74) is 27.5. The van der Waals surface area contributed by atoms with Crippen molar-refractivity contribution < 1.29 is 4.42 Å². The molecule has 3 heterocycles. The van der Waals surface area contributed by atoms with E-state index in [1.807, 2.05) is 0 Å². The second kappa shape index (κ2) is 17.3. The van der Waals surface area contributed by atoms with Crippen molar-refractivity contribution in [3.05, 3.63) is 190 Å². The molecule has 0 N–H and O–H groups in total. The van der Waals surface area contributed by atoms with Gasteiger partial charge in [0.15, 0.2) is 0 Å². The van der Waals surface area contributed by atoms with Crippen molar-refractivity contribution in [1.82, 2.24) is 0 Å². The fourth-order valence-corrected chi connectivity index (χ4v) is 14.4. The molecule has 9 aromatic rings. The molecule has 1 aromatic heterocycles. The van der Waals surface area contributed by atoms with Crippen LogP contribution >= 0.6 is 0 Å². The lowest BCUT2D eigenvalue weighted by Crippen LogP contribution is -2.62. The summed E-state index contributed by atoms with van der Waals surface area (Å²) in [4.78, 5) is 7.86. The zero-order valence-corrected chi connectivity index (χ0v) is 50.0. The molecule has 0 fully saturated rings. The lowest BCUT2D eigenvalue weighted by atomic mass is 9.33. The number of fused-ring (bicyclic) bond motifs is 9.